The van der Waals surface area contributed by atoms with E-state index in [1.54, 1.807) is 6.07 Å². The molecule has 0 spiro atoms. The molecule has 0 saturated carbocycles. The number of hydrogen-bond acceptors (Lipinski definition) is 2. The van der Waals surface area contributed by atoms with Crippen molar-refractivity contribution in [1.82, 2.24) is 9.38 Å². The number of aromatic hydroxyl groups is 1. The summed E-state index contributed by atoms with van der Waals surface area (Å²) in [6.45, 7) is 8.50. The third-order valence-corrected chi connectivity index (χ3v) is 4.08. The van der Waals surface area contributed by atoms with Crippen LogP contribution >= 0.6 is 0 Å². The molecule has 0 bridgehead atoms. The number of aryl methyl sites for hydroxylation is 2. The van der Waals surface area contributed by atoms with E-state index in [9.17, 15) is 5.11 Å². The molecule has 0 aliphatic heterocycles. The van der Waals surface area contributed by atoms with Crippen molar-refractivity contribution in [3.05, 3.63) is 52.8 Å². The summed E-state index contributed by atoms with van der Waals surface area (Å²) in [7, 11) is 0. The Bertz CT molecular complexity index is 789. The third-order valence-electron chi connectivity index (χ3n) is 4.08. The molecule has 0 fully saturated rings. The van der Waals surface area contributed by atoms with E-state index in [2.05, 4.69) is 38.7 Å². The molecule has 0 atom stereocenters. The van der Waals surface area contributed by atoms with Crippen LogP contribution in [0.3, 0.4) is 0 Å². The van der Waals surface area contributed by atoms with Gasteiger partial charge in [-0.1, -0.05) is 6.07 Å². The van der Waals surface area contributed by atoms with Gasteiger partial charge in [0.05, 0.1) is 5.69 Å². The van der Waals surface area contributed by atoms with E-state index in [1.807, 2.05) is 22.9 Å². The number of fused-ring (bicyclic) bond motifs is 1. The van der Waals surface area contributed by atoms with Crippen molar-refractivity contribution in [3.8, 4) is 17.0 Å². The Morgan fingerprint density at radius 3 is 2.30 bits per heavy atom. The molecule has 3 aromatic rings. The quantitative estimate of drug-likeness (QED) is 0.724. The van der Waals surface area contributed by atoms with Gasteiger partial charge in [0.2, 0.25) is 0 Å². The van der Waals surface area contributed by atoms with Gasteiger partial charge in [0.25, 0.3) is 0 Å². The normalized spacial score (nSPS) is 11.2. The van der Waals surface area contributed by atoms with Crippen LogP contribution in [-0.4, -0.2) is 14.5 Å². The highest BCUT2D eigenvalue weighted by molar-refractivity contribution is 5.73. The van der Waals surface area contributed by atoms with Crippen molar-refractivity contribution in [3.63, 3.8) is 0 Å². The average molecular weight is 266 g/mol. The predicted octanol–water partition coefficient (Wildman–Crippen LogP) is 3.94. The van der Waals surface area contributed by atoms with Gasteiger partial charge < -0.3 is 9.51 Å². The second-order valence-electron chi connectivity index (χ2n) is 5.39. The van der Waals surface area contributed by atoms with E-state index >= 15 is 0 Å². The van der Waals surface area contributed by atoms with E-state index in [4.69, 9.17) is 0 Å². The summed E-state index contributed by atoms with van der Waals surface area (Å²) in [6, 6.07) is 5.68. The van der Waals surface area contributed by atoms with Gasteiger partial charge in [0, 0.05) is 18.0 Å². The van der Waals surface area contributed by atoms with Crippen molar-refractivity contribution in [2.24, 2.45) is 0 Å². The Kier molecular flexibility index (Phi) is 2.78. The van der Waals surface area contributed by atoms with Gasteiger partial charge in [-0.2, -0.15) is 0 Å². The van der Waals surface area contributed by atoms with Crippen LogP contribution in [0, 0.1) is 27.7 Å². The second kappa shape index (κ2) is 4.37. The fourth-order valence-corrected chi connectivity index (χ4v) is 2.72. The molecule has 3 nitrogen and oxygen atoms in total. The molecule has 3 heteroatoms. The van der Waals surface area contributed by atoms with Crippen molar-refractivity contribution in [1.29, 1.82) is 0 Å². The number of imidazole rings is 1. The molecule has 0 saturated heterocycles. The average Bonchev–Trinajstić information content (AvgIpc) is 2.82. The number of benzene rings is 1. The Hall–Kier alpha value is -2.29. The fraction of sp³-hybridized carbons (Fsp3) is 0.235. The van der Waals surface area contributed by atoms with E-state index in [-0.39, 0.29) is 5.75 Å². The lowest BCUT2D eigenvalue weighted by Crippen LogP contribution is -1.95. The van der Waals surface area contributed by atoms with Crippen LogP contribution in [0.15, 0.2) is 30.6 Å². The third kappa shape index (κ3) is 1.78. The summed E-state index contributed by atoms with van der Waals surface area (Å²) in [5, 5.41) is 9.90. The van der Waals surface area contributed by atoms with Crippen molar-refractivity contribution >= 4 is 5.65 Å². The zero-order valence-electron chi connectivity index (χ0n) is 12.2. The Morgan fingerprint density at radius 2 is 1.70 bits per heavy atom. The first-order valence-corrected chi connectivity index (χ1v) is 6.73. The number of hydrogen-bond donors (Lipinski definition) is 1. The van der Waals surface area contributed by atoms with Gasteiger partial charge in [-0.25, -0.2) is 4.98 Å². The first-order valence-electron chi connectivity index (χ1n) is 6.73. The van der Waals surface area contributed by atoms with Crippen LogP contribution in [0.5, 0.6) is 5.75 Å². The van der Waals surface area contributed by atoms with Crippen LogP contribution in [-0.2, 0) is 0 Å². The lowest BCUT2D eigenvalue weighted by molar-refractivity contribution is 0.477. The number of rotatable bonds is 1. The summed E-state index contributed by atoms with van der Waals surface area (Å²) < 4.78 is 1.86. The molecule has 0 radical (unpaired) electrons. The highest BCUT2D eigenvalue weighted by atomic mass is 16.3. The largest absolute Gasteiger partial charge is 0.504 e. The maximum Gasteiger partial charge on any atom is 0.180 e. The van der Waals surface area contributed by atoms with Crippen LogP contribution in [0.1, 0.15) is 22.3 Å². The first-order chi connectivity index (χ1) is 9.49. The van der Waals surface area contributed by atoms with Gasteiger partial charge in [0.1, 0.15) is 0 Å². The summed E-state index contributed by atoms with van der Waals surface area (Å²) in [6.07, 6.45) is 3.88. The van der Waals surface area contributed by atoms with E-state index in [0.717, 1.165) is 5.69 Å². The molecule has 1 aromatic carbocycles. The second-order valence-corrected chi connectivity index (χ2v) is 5.39. The van der Waals surface area contributed by atoms with Gasteiger partial charge in [-0.05, 0) is 62.1 Å². The molecule has 2 heterocycles. The topological polar surface area (TPSA) is 37.5 Å². The molecule has 2 aromatic heterocycles. The first kappa shape index (κ1) is 12.7. The van der Waals surface area contributed by atoms with Gasteiger partial charge >= 0.3 is 0 Å². The molecule has 0 unspecified atom stereocenters. The van der Waals surface area contributed by atoms with Crippen LogP contribution in [0.25, 0.3) is 16.9 Å². The standard InChI is InChI=1S/C17H18N2O/c1-10-8-11(2)13(4)16(12(10)3)14-9-19-7-5-6-15(20)17(19)18-14/h5-9,20H,1-4H3. The summed E-state index contributed by atoms with van der Waals surface area (Å²) in [5.74, 6) is 0.207. The van der Waals surface area contributed by atoms with Crippen molar-refractivity contribution < 1.29 is 5.11 Å². The maximum atomic E-state index is 9.90. The highest BCUT2D eigenvalue weighted by Gasteiger charge is 2.14. The van der Waals surface area contributed by atoms with Crippen LogP contribution < -0.4 is 0 Å². The number of aromatic nitrogens is 2. The SMILES string of the molecule is Cc1cc(C)c(C)c(-c2cn3cccc(O)c3n2)c1C. The Morgan fingerprint density at radius 1 is 1.05 bits per heavy atom. The number of pyridine rings is 1. The van der Waals surface area contributed by atoms with E-state index < -0.39 is 0 Å². The molecule has 0 aliphatic rings. The molecule has 0 amide bonds. The minimum atomic E-state index is 0.207. The highest BCUT2D eigenvalue weighted by Crippen LogP contribution is 2.32. The summed E-state index contributed by atoms with van der Waals surface area (Å²) in [5.41, 5.74) is 7.71. The van der Waals surface area contributed by atoms with E-state index in [1.165, 1.54) is 27.8 Å². The molecule has 1 N–H and O–H groups in total. The van der Waals surface area contributed by atoms with Gasteiger partial charge in [-0.3, -0.25) is 0 Å². The molecule has 0 aliphatic carbocycles. The molecule has 3 rings (SSSR count). The minimum absolute atomic E-state index is 0.207. The molecular weight excluding hydrogens is 248 g/mol. The zero-order valence-corrected chi connectivity index (χ0v) is 12.2. The van der Waals surface area contributed by atoms with Crippen molar-refractivity contribution in [2.45, 2.75) is 27.7 Å². The number of nitrogens with zero attached hydrogens (tertiary/aromatic N) is 2. The molecule has 20 heavy (non-hydrogen) atoms. The molecular formula is C17H18N2O. The lowest BCUT2D eigenvalue weighted by atomic mass is 9.93. The Balaban J connectivity index is 2.34. The van der Waals surface area contributed by atoms with E-state index in [0.29, 0.717) is 5.65 Å². The minimum Gasteiger partial charge on any atom is -0.504 e. The molecule has 102 valence electrons. The monoisotopic (exact) mass is 266 g/mol. The van der Waals surface area contributed by atoms with Crippen LogP contribution in [0.2, 0.25) is 0 Å². The van der Waals surface area contributed by atoms with Gasteiger partial charge in [-0.15, -0.1) is 0 Å². The smallest absolute Gasteiger partial charge is 0.180 e. The van der Waals surface area contributed by atoms with Crippen molar-refractivity contribution in [2.75, 3.05) is 0 Å². The van der Waals surface area contributed by atoms with Crippen LogP contribution in [0.4, 0.5) is 0 Å². The fourth-order valence-electron chi connectivity index (χ4n) is 2.72. The Labute approximate surface area is 118 Å². The summed E-state index contributed by atoms with van der Waals surface area (Å²) >= 11 is 0. The predicted molar refractivity (Wildman–Crippen MR) is 81.2 cm³/mol. The summed E-state index contributed by atoms with van der Waals surface area (Å²) in [4.78, 5) is 4.60. The maximum absolute atomic E-state index is 9.90. The van der Waals surface area contributed by atoms with Gasteiger partial charge in [0.15, 0.2) is 11.4 Å². The zero-order chi connectivity index (χ0) is 14.4. The lowest BCUT2D eigenvalue weighted by Gasteiger charge is -2.13.